The van der Waals surface area contributed by atoms with Crippen LogP contribution in [0.2, 0.25) is 0 Å². The highest BCUT2D eigenvalue weighted by atomic mass is 16.5. The highest BCUT2D eigenvalue weighted by molar-refractivity contribution is 5.83. The number of carbonyl (C=O) groups is 1. The molecule has 4 heteroatoms. The van der Waals surface area contributed by atoms with Gasteiger partial charge in [-0.1, -0.05) is 56.3 Å². The summed E-state index contributed by atoms with van der Waals surface area (Å²) in [7, 11) is 0. The molecule has 2 aromatic carbocycles. The summed E-state index contributed by atoms with van der Waals surface area (Å²) in [5.74, 6) is 0.644. The predicted octanol–water partition coefficient (Wildman–Crippen LogP) is 3.25. The van der Waals surface area contributed by atoms with E-state index in [0.29, 0.717) is 24.9 Å². The van der Waals surface area contributed by atoms with Crippen LogP contribution in [0, 0.1) is 5.92 Å². The van der Waals surface area contributed by atoms with E-state index in [1.807, 2.05) is 0 Å². The molecule has 1 heterocycles. The minimum Gasteiger partial charge on any atom is -0.379 e. The predicted molar refractivity (Wildman–Crippen MR) is 106 cm³/mol. The average molecular weight is 354 g/mol. The number of amides is 1. The first-order chi connectivity index (χ1) is 12.6. The van der Waals surface area contributed by atoms with Gasteiger partial charge in [0.25, 0.3) is 0 Å². The number of hydrogen-bond acceptors (Lipinski definition) is 3. The van der Waals surface area contributed by atoms with Gasteiger partial charge in [0.05, 0.1) is 13.2 Å². The highest BCUT2D eigenvalue weighted by Gasteiger charge is 2.24. The first-order valence-corrected chi connectivity index (χ1v) is 9.69. The van der Waals surface area contributed by atoms with Gasteiger partial charge in [-0.05, 0) is 28.7 Å². The summed E-state index contributed by atoms with van der Waals surface area (Å²) in [5, 5.41) is 5.62. The Labute approximate surface area is 156 Å². The average Bonchev–Trinajstić information content (AvgIpc) is 2.67. The molecule has 0 saturated carbocycles. The second-order valence-electron chi connectivity index (χ2n) is 7.45. The van der Waals surface area contributed by atoms with Gasteiger partial charge in [-0.25, -0.2) is 0 Å². The molecule has 0 aromatic heterocycles. The Kier molecular flexibility index (Phi) is 6.64. The molecule has 1 saturated heterocycles. The summed E-state index contributed by atoms with van der Waals surface area (Å²) < 4.78 is 5.44. The molecular formula is C22H30N2O2. The van der Waals surface area contributed by atoms with E-state index in [-0.39, 0.29) is 5.91 Å². The second kappa shape index (κ2) is 9.15. The summed E-state index contributed by atoms with van der Waals surface area (Å²) in [5.41, 5.74) is 1.22. The quantitative estimate of drug-likeness (QED) is 0.830. The first kappa shape index (κ1) is 18.9. The van der Waals surface area contributed by atoms with Crippen LogP contribution in [0.1, 0.15) is 25.8 Å². The molecule has 1 fully saturated rings. The van der Waals surface area contributed by atoms with Gasteiger partial charge in [0.1, 0.15) is 0 Å². The van der Waals surface area contributed by atoms with Crippen LogP contribution in [0.25, 0.3) is 10.8 Å². The number of carbonyl (C=O) groups excluding carboxylic acids is 1. The lowest BCUT2D eigenvalue weighted by Crippen LogP contribution is -2.51. The minimum absolute atomic E-state index is 0.136. The monoisotopic (exact) mass is 354 g/mol. The Balaban J connectivity index is 1.49. The summed E-state index contributed by atoms with van der Waals surface area (Å²) in [6, 6.07) is 15.2. The fourth-order valence-corrected chi connectivity index (χ4v) is 3.65. The number of morpholine rings is 1. The third-order valence-corrected chi connectivity index (χ3v) is 5.25. The van der Waals surface area contributed by atoms with Crippen molar-refractivity contribution in [3.63, 3.8) is 0 Å². The Morgan fingerprint density at radius 3 is 2.58 bits per heavy atom. The maximum Gasteiger partial charge on any atom is 0.220 e. The molecule has 0 spiro atoms. The Bertz CT molecular complexity index is 723. The van der Waals surface area contributed by atoms with Gasteiger partial charge in [-0.3, -0.25) is 9.69 Å². The molecule has 1 aliphatic heterocycles. The molecule has 1 unspecified atom stereocenters. The third-order valence-electron chi connectivity index (χ3n) is 5.25. The van der Waals surface area contributed by atoms with E-state index < -0.39 is 0 Å². The standard InChI is InChI=1S/C22H30N2O2/c1-17(2)21(24-11-13-26-14-12-24)16-23-22(25)10-8-18-7-9-19-5-3-4-6-20(19)15-18/h3-7,9,15,17,21H,8,10-14,16H2,1-2H3,(H,23,25). The van der Waals surface area contributed by atoms with Gasteiger partial charge >= 0.3 is 0 Å². The molecule has 0 radical (unpaired) electrons. The van der Waals surface area contributed by atoms with E-state index in [1.165, 1.54) is 16.3 Å². The van der Waals surface area contributed by atoms with E-state index in [2.05, 4.69) is 66.5 Å². The Morgan fingerprint density at radius 2 is 1.85 bits per heavy atom. The molecular weight excluding hydrogens is 324 g/mol. The van der Waals surface area contributed by atoms with Crippen LogP contribution in [0.3, 0.4) is 0 Å². The van der Waals surface area contributed by atoms with Gasteiger partial charge in [0.15, 0.2) is 0 Å². The van der Waals surface area contributed by atoms with Crippen LogP contribution in [0.15, 0.2) is 42.5 Å². The molecule has 4 nitrogen and oxygen atoms in total. The smallest absolute Gasteiger partial charge is 0.220 e. The number of ether oxygens (including phenoxy) is 1. The van der Waals surface area contributed by atoms with E-state index >= 15 is 0 Å². The van der Waals surface area contributed by atoms with Gasteiger partial charge in [0, 0.05) is 32.1 Å². The molecule has 26 heavy (non-hydrogen) atoms. The van der Waals surface area contributed by atoms with Gasteiger partial charge in [-0.2, -0.15) is 0 Å². The number of hydrogen-bond donors (Lipinski definition) is 1. The van der Waals surface area contributed by atoms with Crippen molar-refractivity contribution in [2.24, 2.45) is 5.92 Å². The molecule has 1 amide bonds. The van der Waals surface area contributed by atoms with Crippen molar-refractivity contribution in [1.29, 1.82) is 0 Å². The van der Waals surface area contributed by atoms with Crippen molar-refractivity contribution in [2.75, 3.05) is 32.8 Å². The normalized spacial score (nSPS) is 16.7. The zero-order chi connectivity index (χ0) is 18.4. The van der Waals surface area contributed by atoms with Crippen LogP contribution in [0.4, 0.5) is 0 Å². The first-order valence-electron chi connectivity index (χ1n) is 9.69. The van der Waals surface area contributed by atoms with Crippen molar-refractivity contribution in [3.8, 4) is 0 Å². The molecule has 140 valence electrons. The Morgan fingerprint density at radius 1 is 1.12 bits per heavy atom. The highest BCUT2D eigenvalue weighted by Crippen LogP contribution is 2.17. The lowest BCUT2D eigenvalue weighted by molar-refractivity contribution is -0.121. The summed E-state index contributed by atoms with van der Waals surface area (Å²) in [6.45, 7) is 8.65. The van der Waals surface area contributed by atoms with Gasteiger partial charge in [0.2, 0.25) is 5.91 Å². The fraction of sp³-hybridized carbons (Fsp3) is 0.500. The topological polar surface area (TPSA) is 41.6 Å². The fourth-order valence-electron chi connectivity index (χ4n) is 3.65. The summed E-state index contributed by atoms with van der Waals surface area (Å²) in [6.07, 6.45) is 1.31. The zero-order valence-electron chi connectivity index (χ0n) is 15.9. The molecule has 1 N–H and O–H groups in total. The van der Waals surface area contributed by atoms with Crippen LogP contribution in [-0.2, 0) is 16.0 Å². The van der Waals surface area contributed by atoms with E-state index in [1.54, 1.807) is 0 Å². The van der Waals surface area contributed by atoms with Crippen LogP contribution in [0.5, 0.6) is 0 Å². The van der Waals surface area contributed by atoms with Crippen molar-refractivity contribution in [3.05, 3.63) is 48.0 Å². The lowest BCUT2D eigenvalue weighted by Gasteiger charge is -2.36. The maximum atomic E-state index is 12.3. The van der Waals surface area contributed by atoms with Crippen molar-refractivity contribution >= 4 is 16.7 Å². The molecule has 3 rings (SSSR count). The number of aryl methyl sites for hydroxylation is 1. The van der Waals surface area contributed by atoms with Crippen LogP contribution in [-0.4, -0.2) is 49.7 Å². The lowest BCUT2D eigenvalue weighted by atomic mass is 10.0. The number of benzene rings is 2. The van der Waals surface area contributed by atoms with E-state index in [0.717, 1.165) is 32.7 Å². The van der Waals surface area contributed by atoms with Crippen LogP contribution < -0.4 is 5.32 Å². The third kappa shape index (κ3) is 5.05. The SMILES string of the molecule is CC(C)C(CNC(=O)CCc1ccc2ccccc2c1)N1CCOCC1. The minimum atomic E-state index is 0.136. The summed E-state index contributed by atoms with van der Waals surface area (Å²) in [4.78, 5) is 14.8. The molecule has 0 bridgehead atoms. The number of rotatable bonds is 7. The van der Waals surface area contributed by atoms with E-state index in [9.17, 15) is 4.79 Å². The molecule has 0 aliphatic carbocycles. The second-order valence-corrected chi connectivity index (χ2v) is 7.45. The zero-order valence-corrected chi connectivity index (χ0v) is 15.9. The number of nitrogens with zero attached hydrogens (tertiary/aromatic N) is 1. The maximum absolute atomic E-state index is 12.3. The number of nitrogens with one attached hydrogen (secondary N) is 1. The number of fused-ring (bicyclic) bond motifs is 1. The van der Waals surface area contributed by atoms with Crippen molar-refractivity contribution in [2.45, 2.75) is 32.7 Å². The van der Waals surface area contributed by atoms with Crippen LogP contribution >= 0.6 is 0 Å². The van der Waals surface area contributed by atoms with Crippen molar-refractivity contribution in [1.82, 2.24) is 10.2 Å². The molecule has 2 aromatic rings. The molecule has 1 aliphatic rings. The van der Waals surface area contributed by atoms with Gasteiger partial charge in [-0.15, -0.1) is 0 Å². The summed E-state index contributed by atoms with van der Waals surface area (Å²) >= 11 is 0. The largest absolute Gasteiger partial charge is 0.379 e. The van der Waals surface area contributed by atoms with Crippen molar-refractivity contribution < 1.29 is 9.53 Å². The van der Waals surface area contributed by atoms with E-state index in [4.69, 9.17) is 4.74 Å². The molecule has 1 atom stereocenters. The van der Waals surface area contributed by atoms with Gasteiger partial charge < -0.3 is 10.1 Å². The Hall–Kier alpha value is -1.91.